The van der Waals surface area contributed by atoms with Crippen LogP contribution in [0.2, 0.25) is 0 Å². The average Bonchev–Trinajstić information content (AvgIpc) is 2.69. The summed E-state index contributed by atoms with van der Waals surface area (Å²) >= 11 is 0. The highest BCUT2D eigenvalue weighted by Crippen LogP contribution is 2.24. The van der Waals surface area contributed by atoms with Gasteiger partial charge in [0.25, 0.3) is 0 Å². The summed E-state index contributed by atoms with van der Waals surface area (Å²) in [4.78, 5) is 13.5. The van der Waals surface area contributed by atoms with Crippen LogP contribution >= 0.6 is 0 Å². The summed E-state index contributed by atoms with van der Waals surface area (Å²) in [5.41, 5.74) is 2.30. The van der Waals surface area contributed by atoms with E-state index in [1.807, 2.05) is 72.8 Å². The van der Waals surface area contributed by atoms with Crippen LogP contribution in [0.15, 0.2) is 79.0 Å². The monoisotopic (exact) mass is 325 g/mol. The molecule has 2 aromatic carbocycles. The van der Waals surface area contributed by atoms with Gasteiger partial charge in [-0.3, -0.25) is 10.4 Å². The molecule has 0 spiro atoms. The maximum atomic E-state index is 8.33. The summed E-state index contributed by atoms with van der Waals surface area (Å²) in [7, 11) is 0. The van der Waals surface area contributed by atoms with Crippen LogP contribution in [0, 0.1) is 5.41 Å². The second-order valence-corrected chi connectivity index (χ2v) is 5.49. The number of benzene rings is 2. The van der Waals surface area contributed by atoms with E-state index in [-0.39, 0.29) is 5.84 Å². The maximum Gasteiger partial charge on any atom is 0.180 e. The largest absolute Gasteiger partial charge is 0.324 e. The molecule has 0 aliphatic carbocycles. The van der Waals surface area contributed by atoms with Crippen molar-refractivity contribution in [3.05, 3.63) is 84.6 Å². The molecule has 0 saturated heterocycles. The van der Waals surface area contributed by atoms with Crippen molar-refractivity contribution in [1.82, 2.24) is 15.0 Å². The molecule has 5 nitrogen and oxygen atoms in total. The van der Waals surface area contributed by atoms with E-state index in [9.17, 15) is 0 Å². The molecular weight excluding hydrogens is 310 g/mol. The first-order chi connectivity index (χ1) is 12.3. The van der Waals surface area contributed by atoms with E-state index in [1.165, 1.54) is 0 Å². The third-order valence-electron chi connectivity index (χ3n) is 3.80. The molecule has 0 radical (unpaired) electrons. The highest BCUT2D eigenvalue weighted by molar-refractivity contribution is 6.09. The molecule has 0 aliphatic rings. The molecule has 0 unspecified atom stereocenters. The Morgan fingerprint density at radius 1 is 0.800 bits per heavy atom. The minimum Gasteiger partial charge on any atom is -0.324 e. The van der Waals surface area contributed by atoms with Crippen molar-refractivity contribution in [2.45, 2.75) is 0 Å². The topological polar surface area (TPSA) is 74.6 Å². The first-order valence-electron chi connectivity index (χ1n) is 7.90. The number of aromatic nitrogens is 3. The third-order valence-corrected chi connectivity index (χ3v) is 3.80. The Labute approximate surface area is 144 Å². The van der Waals surface area contributed by atoms with E-state index < -0.39 is 0 Å². The first-order valence-corrected chi connectivity index (χ1v) is 7.90. The summed E-state index contributed by atoms with van der Waals surface area (Å²) < 4.78 is 0. The molecule has 0 amide bonds. The van der Waals surface area contributed by atoms with Gasteiger partial charge in [0.1, 0.15) is 17.3 Å². The van der Waals surface area contributed by atoms with Gasteiger partial charge < -0.3 is 5.32 Å². The van der Waals surface area contributed by atoms with Gasteiger partial charge in [0.05, 0.1) is 5.52 Å². The molecule has 0 aliphatic heterocycles. The van der Waals surface area contributed by atoms with Crippen LogP contribution in [0.5, 0.6) is 0 Å². The van der Waals surface area contributed by atoms with Gasteiger partial charge in [0.2, 0.25) is 0 Å². The van der Waals surface area contributed by atoms with Crippen molar-refractivity contribution in [3.63, 3.8) is 0 Å². The highest BCUT2D eigenvalue weighted by Gasteiger charge is 2.11. The number of anilines is 1. The summed E-state index contributed by atoms with van der Waals surface area (Å²) in [6.45, 7) is 0. The Bertz CT molecular complexity index is 1030. The Morgan fingerprint density at radius 3 is 2.36 bits per heavy atom. The van der Waals surface area contributed by atoms with Gasteiger partial charge in [-0.15, -0.1) is 0 Å². The van der Waals surface area contributed by atoms with Crippen LogP contribution in [0.4, 0.5) is 5.82 Å². The molecule has 0 atom stereocenters. The van der Waals surface area contributed by atoms with Crippen molar-refractivity contribution in [2.75, 3.05) is 5.32 Å². The maximum absolute atomic E-state index is 8.33. The summed E-state index contributed by atoms with van der Waals surface area (Å²) in [6.07, 6.45) is 1.72. The normalized spacial score (nSPS) is 10.6. The predicted octanol–water partition coefficient (Wildman–Crippen LogP) is 4.13. The van der Waals surface area contributed by atoms with Crippen LogP contribution < -0.4 is 5.32 Å². The van der Waals surface area contributed by atoms with Crippen molar-refractivity contribution in [2.24, 2.45) is 0 Å². The number of nitrogens with zero attached hydrogens (tertiary/aromatic N) is 3. The number of hydrogen-bond donors (Lipinski definition) is 2. The van der Waals surface area contributed by atoms with E-state index in [2.05, 4.69) is 20.3 Å². The van der Waals surface area contributed by atoms with Gasteiger partial charge in [0.15, 0.2) is 5.82 Å². The predicted molar refractivity (Wildman–Crippen MR) is 99.7 cm³/mol. The average molecular weight is 325 g/mol. The number of hydrogen-bond acceptors (Lipinski definition) is 4. The van der Waals surface area contributed by atoms with Gasteiger partial charge in [-0.25, -0.2) is 9.97 Å². The van der Waals surface area contributed by atoms with E-state index in [0.29, 0.717) is 17.3 Å². The minimum atomic E-state index is 0.288. The summed E-state index contributed by atoms with van der Waals surface area (Å²) in [5, 5.41) is 12.3. The standard InChI is InChI=1S/C20H15N5/c21-18(14-8-2-1-3-9-14)24-19-15-10-4-5-11-16(15)23-20(25-19)17-12-6-7-13-22-17/h1-13H,(H2,21,23,24,25). The lowest BCUT2D eigenvalue weighted by molar-refractivity contribution is 1.18. The number of pyridine rings is 1. The van der Waals surface area contributed by atoms with Crippen LogP contribution in [0.25, 0.3) is 22.4 Å². The molecule has 0 saturated carbocycles. The van der Waals surface area contributed by atoms with E-state index >= 15 is 0 Å². The van der Waals surface area contributed by atoms with Crippen LogP contribution in [-0.2, 0) is 0 Å². The third kappa shape index (κ3) is 3.07. The quantitative estimate of drug-likeness (QED) is 0.439. The zero-order valence-electron chi connectivity index (χ0n) is 13.3. The molecular formula is C20H15N5. The van der Waals surface area contributed by atoms with Crippen molar-refractivity contribution in [3.8, 4) is 11.5 Å². The number of amidine groups is 1. The molecule has 4 rings (SSSR count). The Kier molecular flexibility index (Phi) is 3.88. The first kappa shape index (κ1) is 15.0. The Morgan fingerprint density at radius 2 is 1.56 bits per heavy atom. The molecule has 2 heterocycles. The van der Waals surface area contributed by atoms with Crippen LogP contribution in [0.3, 0.4) is 0 Å². The molecule has 2 aromatic heterocycles. The number of para-hydroxylation sites is 1. The Balaban J connectivity index is 1.80. The Hall–Kier alpha value is -3.60. The van der Waals surface area contributed by atoms with E-state index in [1.54, 1.807) is 6.20 Å². The zero-order chi connectivity index (χ0) is 17.1. The van der Waals surface area contributed by atoms with Gasteiger partial charge in [0, 0.05) is 17.1 Å². The van der Waals surface area contributed by atoms with Gasteiger partial charge in [-0.2, -0.15) is 0 Å². The van der Waals surface area contributed by atoms with Gasteiger partial charge >= 0.3 is 0 Å². The van der Waals surface area contributed by atoms with Gasteiger partial charge in [-0.05, 0) is 24.3 Å². The second-order valence-electron chi connectivity index (χ2n) is 5.49. The van der Waals surface area contributed by atoms with E-state index in [0.717, 1.165) is 16.5 Å². The van der Waals surface area contributed by atoms with E-state index in [4.69, 9.17) is 5.41 Å². The molecule has 120 valence electrons. The lowest BCUT2D eigenvalue weighted by atomic mass is 10.2. The lowest BCUT2D eigenvalue weighted by Crippen LogP contribution is -2.14. The smallest absolute Gasteiger partial charge is 0.180 e. The molecule has 0 fully saturated rings. The molecule has 25 heavy (non-hydrogen) atoms. The SMILES string of the molecule is N=C(Nc1nc(-c2ccccn2)nc2ccccc12)c1ccccc1. The summed E-state index contributed by atoms with van der Waals surface area (Å²) in [5.74, 6) is 1.42. The van der Waals surface area contributed by atoms with Crippen LogP contribution in [0.1, 0.15) is 5.56 Å². The number of rotatable bonds is 3. The summed E-state index contributed by atoms with van der Waals surface area (Å²) in [6, 6.07) is 22.9. The fraction of sp³-hybridized carbons (Fsp3) is 0. The lowest BCUT2D eigenvalue weighted by Gasteiger charge is -2.11. The fourth-order valence-corrected chi connectivity index (χ4v) is 2.58. The highest BCUT2D eigenvalue weighted by atomic mass is 15.1. The second kappa shape index (κ2) is 6.49. The number of nitrogens with one attached hydrogen (secondary N) is 2. The molecule has 5 heteroatoms. The van der Waals surface area contributed by atoms with Crippen molar-refractivity contribution >= 4 is 22.6 Å². The van der Waals surface area contributed by atoms with Crippen molar-refractivity contribution < 1.29 is 0 Å². The molecule has 2 N–H and O–H groups in total. The van der Waals surface area contributed by atoms with Crippen molar-refractivity contribution in [1.29, 1.82) is 5.41 Å². The molecule has 4 aromatic rings. The van der Waals surface area contributed by atoms with Gasteiger partial charge in [-0.1, -0.05) is 48.5 Å². The van der Waals surface area contributed by atoms with Crippen LogP contribution in [-0.4, -0.2) is 20.8 Å². The molecule has 0 bridgehead atoms. The fourth-order valence-electron chi connectivity index (χ4n) is 2.58. The zero-order valence-corrected chi connectivity index (χ0v) is 13.3. The number of fused-ring (bicyclic) bond motifs is 1. The minimum absolute atomic E-state index is 0.288.